The number of carbonyl (C=O) groups is 1. The van der Waals surface area contributed by atoms with Crippen molar-refractivity contribution in [2.75, 3.05) is 20.8 Å². The molecule has 158 valence electrons. The van der Waals surface area contributed by atoms with Gasteiger partial charge in [-0.2, -0.15) is 4.72 Å². The van der Waals surface area contributed by atoms with E-state index in [1.807, 2.05) is 30.3 Å². The van der Waals surface area contributed by atoms with Gasteiger partial charge in [0.15, 0.2) is 0 Å². The van der Waals surface area contributed by atoms with Gasteiger partial charge < -0.3 is 14.8 Å². The first-order valence-corrected chi connectivity index (χ1v) is 10.8. The van der Waals surface area contributed by atoms with Crippen molar-refractivity contribution in [3.05, 3.63) is 59.1 Å². The summed E-state index contributed by atoms with van der Waals surface area (Å²) in [5.41, 5.74) is 0.813. The van der Waals surface area contributed by atoms with Crippen LogP contribution in [-0.4, -0.2) is 47.2 Å². The van der Waals surface area contributed by atoms with Gasteiger partial charge in [0.25, 0.3) is 0 Å². The van der Waals surface area contributed by atoms with E-state index in [1.54, 1.807) is 6.92 Å². The minimum absolute atomic E-state index is 0.133. The lowest BCUT2D eigenvalue weighted by atomic mass is 10.1. The topological polar surface area (TPSA) is 93.7 Å². The first-order valence-electron chi connectivity index (χ1n) is 8.96. The van der Waals surface area contributed by atoms with E-state index < -0.39 is 22.0 Å². The van der Waals surface area contributed by atoms with E-state index >= 15 is 0 Å². The number of nitrogens with one attached hydrogen (secondary N) is 2. The van der Waals surface area contributed by atoms with Crippen LogP contribution in [0.3, 0.4) is 0 Å². The predicted octanol–water partition coefficient (Wildman–Crippen LogP) is 2.39. The van der Waals surface area contributed by atoms with Gasteiger partial charge in [-0.1, -0.05) is 41.9 Å². The molecule has 1 amide bonds. The first-order chi connectivity index (χ1) is 13.8. The standard InChI is InChI=1S/C20H25ClN2O5S/c1-14(13-27-2)22-20(24)17(11-15-7-5-4-6-8-15)23-29(25,26)19-12-16(21)9-10-18(19)28-3/h4-10,12,14,17,23H,11,13H2,1-3H3,(H,22,24)/t14-,17+/m1/s1. The highest BCUT2D eigenvalue weighted by Gasteiger charge is 2.29. The highest BCUT2D eigenvalue weighted by Crippen LogP contribution is 2.27. The summed E-state index contributed by atoms with van der Waals surface area (Å²) >= 11 is 5.97. The summed E-state index contributed by atoms with van der Waals surface area (Å²) < 4.78 is 38.7. The molecule has 0 aliphatic heterocycles. The summed E-state index contributed by atoms with van der Waals surface area (Å²) in [7, 11) is -1.20. The summed E-state index contributed by atoms with van der Waals surface area (Å²) in [6.07, 6.45) is 0.175. The molecule has 0 heterocycles. The van der Waals surface area contributed by atoms with Gasteiger partial charge in [0, 0.05) is 18.2 Å². The second-order valence-electron chi connectivity index (χ2n) is 6.52. The van der Waals surface area contributed by atoms with Gasteiger partial charge in [0.1, 0.15) is 16.7 Å². The fraction of sp³-hybridized carbons (Fsp3) is 0.350. The molecule has 0 spiro atoms. The molecule has 7 nitrogen and oxygen atoms in total. The first kappa shape index (κ1) is 23.2. The van der Waals surface area contributed by atoms with Gasteiger partial charge in [-0.15, -0.1) is 0 Å². The van der Waals surface area contributed by atoms with Crippen LogP contribution in [0, 0.1) is 0 Å². The van der Waals surface area contributed by atoms with Crippen LogP contribution in [0.5, 0.6) is 5.75 Å². The molecule has 29 heavy (non-hydrogen) atoms. The van der Waals surface area contributed by atoms with Crippen molar-refractivity contribution in [3.8, 4) is 5.75 Å². The van der Waals surface area contributed by atoms with E-state index in [0.717, 1.165) is 5.56 Å². The second kappa shape index (κ2) is 10.6. The summed E-state index contributed by atoms with van der Waals surface area (Å²) in [6.45, 7) is 2.08. The van der Waals surface area contributed by atoms with E-state index in [9.17, 15) is 13.2 Å². The van der Waals surface area contributed by atoms with E-state index in [2.05, 4.69) is 10.0 Å². The van der Waals surface area contributed by atoms with E-state index in [-0.39, 0.29) is 28.1 Å². The van der Waals surface area contributed by atoms with Crippen LogP contribution in [0.25, 0.3) is 0 Å². The Kier molecular flexibility index (Phi) is 8.45. The molecular formula is C20H25ClN2O5S. The Bertz CT molecular complexity index is 922. The molecule has 2 aromatic rings. The van der Waals surface area contributed by atoms with Gasteiger partial charge in [-0.25, -0.2) is 8.42 Å². The third kappa shape index (κ3) is 6.71. The Morgan fingerprint density at radius 2 is 1.83 bits per heavy atom. The number of amides is 1. The number of methoxy groups -OCH3 is 2. The number of hydrogen-bond donors (Lipinski definition) is 2. The van der Waals surface area contributed by atoms with Crippen molar-refractivity contribution in [2.24, 2.45) is 0 Å². The highest BCUT2D eigenvalue weighted by molar-refractivity contribution is 7.89. The van der Waals surface area contributed by atoms with Crippen molar-refractivity contribution in [2.45, 2.75) is 30.3 Å². The summed E-state index contributed by atoms with van der Waals surface area (Å²) in [6, 6.07) is 12.1. The third-order valence-corrected chi connectivity index (χ3v) is 5.85. The summed E-state index contributed by atoms with van der Waals surface area (Å²) in [5.74, 6) is -0.323. The number of carbonyl (C=O) groups excluding carboxylic acids is 1. The van der Waals surface area contributed by atoms with Crippen molar-refractivity contribution < 1.29 is 22.7 Å². The van der Waals surface area contributed by atoms with Crippen LogP contribution in [0.4, 0.5) is 0 Å². The zero-order valence-electron chi connectivity index (χ0n) is 16.5. The maximum atomic E-state index is 13.0. The SMILES string of the molecule is COC[C@@H](C)NC(=O)[C@H](Cc1ccccc1)NS(=O)(=O)c1cc(Cl)ccc1OC. The molecule has 2 aromatic carbocycles. The number of hydrogen-bond acceptors (Lipinski definition) is 5. The van der Waals surface area contributed by atoms with E-state index in [1.165, 1.54) is 32.4 Å². The Labute approximate surface area is 176 Å². The number of sulfonamides is 1. The van der Waals surface area contributed by atoms with Gasteiger partial charge in [0.05, 0.1) is 13.7 Å². The molecule has 9 heteroatoms. The minimum atomic E-state index is -4.09. The lowest BCUT2D eigenvalue weighted by molar-refractivity contribution is -0.123. The van der Waals surface area contributed by atoms with Crippen molar-refractivity contribution >= 4 is 27.5 Å². The Morgan fingerprint density at radius 3 is 2.45 bits per heavy atom. The fourth-order valence-electron chi connectivity index (χ4n) is 2.78. The molecule has 0 aliphatic carbocycles. The predicted molar refractivity (Wildman–Crippen MR) is 112 cm³/mol. The monoisotopic (exact) mass is 440 g/mol. The highest BCUT2D eigenvalue weighted by atomic mass is 35.5. The Hall–Kier alpha value is -2.13. The zero-order chi connectivity index (χ0) is 21.4. The summed E-state index contributed by atoms with van der Waals surface area (Å²) in [5, 5.41) is 3.01. The Balaban J connectivity index is 2.32. The lowest BCUT2D eigenvalue weighted by Gasteiger charge is -2.22. The molecule has 0 saturated carbocycles. The average molecular weight is 441 g/mol. The van der Waals surface area contributed by atoms with Crippen LogP contribution >= 0.6 is 11.6 Å². The van der Waals surface area contributed by atoms with E-state index in [4.69, 9.17) is 21.1 Å². The van der Waals surface area contributed by atoms with Gasteiger partial charge in [0.2, 0.25) is 15.9 Å². The minimum Gasteiger partial charge on any atom is -0.495 e. The van der Waals surface area contributed by atoms with Crippen LogP contribution in [-0.2, 0) is 26.0 Å². The smallest absolute Gasteiger partial charge is 0.245 e. The summed E-state index contributed by atoms with van der Waals surface area (Å²) in [4.78, 5) is 12.7. The van der Waals surface area contributed by atoms with Crippen molar-refractivity contribution in [3.63, 3.8) is 0 Å². The molecule has 0 saturated heterocycles. The van der Waals surface area contributed by atoms with Crippen molar-refractivity contribution in [1.82, 2.24) is 10.0 Å². The van der Waals surface area contributed by atoms with Crippen LogP contribution < -0.4 is 14.8 Å². The van der Waals surface area contributed by atoms with Crippen LogP contribution in [0.1, 0.15) is 12.5 Å². The number of halogens is 1. The van der Waals surface area contributed by atoms with Crippen molar-refractivity contribution in [1.29, 1.82) is 0 Å². The number of ether oxygens (including phenoxy) is 2. The zero-order valence-corrected chi connectivity index (χ0v) is 18.1. The molecule has 0 bridgehead atoms. The maximum Gasteiger partial charge on any atom is 0.245 e. The maximum absolute atomic E-state index is 13.0. The van der Waals surface area contributed by atoms with Gasteiger partial charge in [-0.3, -0.25) is 4.79 Å². The second-order valence-corrected chi connectivity index (χ2v) is 8.64. The normalized spacial score (nSPS) is 13.5. The lowest BCUT2D eigenvalue weighted by Crippen LogP contribution is -2.50. The molecule has 0 aromatic heterocycles. The molecule has 2 N–H and O–H groups in total. The van der Waals surface area contributed by atoms with E-state index in [0.29, 0.717) is 6.61 Å². The van der Waals surface area contributed by atoms with Crippen LogP contribution in [0.2, 0.25) is 5.02 Å². The molecule has 2 rings (SSSR count). The van der Waals surface area contributed by atoms with Gasteiger partial charge >= 0.3 is 0 Å². The molecule has 0 unspecified atom stereocenters. The number of rotatable bonds is 10. The third-order valence-electron chi connectivity index (χ3n) is 4.12. The Morgan fingerprint density at radius 1 is 1.14 bits per heavy atom. The molecular weight excluding hydrogens is 416 g/mol. The molecule has 0 aliphatic rings. The van der Waals surface area contributed by atoms with Crippen LogP contribution in [0.15, 0.2) is 53.4 Å². The molecule has 0 radical (unpaired) electrons. The largest absolute Gasteiger partial charge is 0.495 e. The molecule has 2 atom stereocenters. The average Bonchev–Trinajstić information content (AvgIpc) is 2.68. The number of benzene rings is 2. The molecule has 0 fully saturated rings. The van der Waals surface area contributed by atoms with Gasteiger partial charge in [-0.05, 0) is 37.1 Å². The fourth-order valence-corrected chi connectivity index (χ4v) is 4.41. The quantitative estimate of drug-likeness (QED) is 0.591.